The summed E-state index contributed by atoms with van der Waals surface area (Å²) in [7, 11) is -1.76. The molecule has 21 heavy (non-hydrogen) atoms. The number of hydrogen-bond donors (Lipinski definition) is 1. The molecule has 0 heterocycles. The van der Waals surface area contributed by atoms with Gasteiger partial charge in [-0.05, 0) is 47.7 Å². The third-order valence-corrected chi connectivity index (χ3v) is 9.19. The highest BCUT2D eigenvalue weighted by atomic mass is 28.4. The number of benzene rings is 1. The van der Waals surface area contributed by atoms with Crippen LogP contribution in [0.2, 0.25) is 18.1 Å². The lowest BCUT2D eigenvalue weighted by atomic mass is 9.85. The molecule has 0 aliphatic rings. The Bertz CT molecular complexity index is 495. The predicted octanol–water partition coefficient (Wildman–Crippen LogP) is 5.65. The maximum absolute atomic E-state index is 6.45. The fraction of sp³-hybridized carbons (Fsp3) is 0.667. The Labute approximate surface area is 132 Å². The van der Waals surface area contributed by atoms with Crippen molar-refractivity contribution in [3.63, 3.8) is 0 Å². The second-order valence-electron chi connectivity index (χ2n) is 8.62. The van der Waals surface area contributed by atoms with Gasteiger partial charge in [-0.25, -0.2) is 0 Å². The molecule has 1 aromatic carbocycles. The molecule has 1 atom stereocenters. The van der Waals surface area contributed by atoms with E-state index >= 15 is 0 Å². The smallest absolute Gasteiger partial charge is 0.192 e. The van der Waals surface area contributed by atoms with Gasteiger partial charge in [-0.2, -0.15) is 0 Å². The van der Waals surface area contributed by atoms with Crippen molar-refractivity contribution in [2.45, 2.75) is 78.1 Å². The Morgan fingerprint density at radius 3 is 1.95 bits per heavy atom. The number of nitrogen functional groups attached to an aromatic ring is 1. The molecule has 120 valence electrons. The second kappa shape index (κ2) is 5.77. The third-order valence-electron chi connectivity index (χ3n) is 4.63. The fourth-order valence-corrected chi connectivity index (χ4v) is 3.58. The molecule has 2 N–H and O–H groups in total. The topological polar surface area (TPSA) is 35.2 Å². The highest BCUT2D eigenvalue weighted by Crippen LogP contribution is 2.40. The first-order valence-corrected chi connectivity index (χ1v) is 10.7. The van der Waals surface area contributed by atoms with Crippen LogP contribution in [-0.4, -0.2) is 8.32 Å². The Hall–Kier alpha value is -0.803. The van der Waals surface area contributed by atoms with E-state index in [0.717, 1.165) is 5.69 Å². The highest BCUT2D eigenvalue weighted by Gasteiger charge is 2.38. The van der Waals surface area contributed by atoms with E-state index in [4.69, 9.17) is 10.2 Å². The van der Waals surface area contributed by atoms with Crippen molar-refractivity contribution >= 4 is 14.0 Å². The van der Waals surface area contributed by atoms with Crippen molar-refractivity contribution in [1.29, 1.82) is 0 Å². The summed E-state index contributed by atoms with van der Waals surface area (Å²) in [5, 5.41) is 0.220. The van der Waals surface area contributed by atoms with Gasteiger partial charge >= 0.3 is 0 Å². The van der Waals surface area contributed by atoms with E-state index in [2.05, 4.69) is 79.8 Å². The first kappa shape index (κ1) is 18.2. The van der Waals surface area contributed by atoms with E-state index in [-0.39, 0.29) is 16.6 Å². The Balaban J connectivity index is 3.00. The van der Waals surface area contributed by atoms with Crippen LogP contribution in [0.4, 0.5) is 5.69 Å². The van der Waals surface area contributed by atoms with Gasteiger partial charge in [0.05, 0.1) is 6.10 Å². The zero-order valence-corrected chi connectivity index (χ0v) is 16.3. The minimum Gasteiger partial charge on any atom is -0.410 e. The second-order valence-corrected chi connectivity index (χ2v) is 13.4. The van der Waals surface area contributed by atoms with E-state index in [9.17, 15) is 0 Å². The summed E-state index contributed by atoms with van der Waals surface area (Å²) in [4.78, 5) is 0. The van der Waals surface area contributed by atoms with Crippen LogP contribution in [0.1, 0.15) is 65.7 Å². The predicted molar refractivity (Wildman–Crippen MR) is 96.3 cm³/mol. The lowest BCUT2D eigenvalue weighted by Gasteiger charge is -2.38. The average molecular weight is 308 g/mol. The zero-order valence-electron chi connectivity index (χ0n) is 15.3. The minimum atomic E-state index is -1.76. The summed E-state index contributed by atoms with van der Waals surface area (Å²) in [6.07, 6.45) is 0.0854. The molecule has 1 aromatic rings. The maximum atomic E-state index is 6.45. The van der Waals surface area contributed by atoms with Gasteiger partial charge < -0.3 is 10.2 Å². The van der Waals surface area contributed by atoms with Crippen molar-refractivity contribution in [3.05, 3.63) is 29.3 Å². The van der Waals surface area contributed by atoms with Crippen molar-refractivity contribution < 1.29 is 4.43 Å². The first-order valence-electron chi connectivity index (χ1n) is 7.83. The van der Waals surface area contributed by atoms with Crippen LogP contribution in [0.15, 0.2) is 18.2 Å². The lowest BCUT2D eigenvalue weighted by Crippen LogP contribution is -2.41. The summed E-state index contributed by atoms with van der Waals surface area (Å²) in [5.41, 5.74) is 9.56. The molecule has 0 bridgehead atoms. The van der Waals surface area contributed by atoms with Crippen LogP contribution < -0.4 is 5.73 Å². The van der Waals surface area contributed by atoms with Crippen LogP contribution in [0.25, 0.3) is 0 Å². The molecule has 3 heteroatoms. The van der Waals surface area contributed by atoms with Gasteiger partial charge in [-0.3, -0.25) is 0 Å². The van der Waals surface area contributed by atoms with Crippen molar-refractivity contribution in [2.75, 3.05) is 5.73 Å². The molecular weight excluding hydrogens is 274 g/mol. The summed E-state index contributed by atoms with van der Waals surface area (Å²) < 4.78 is 6.45. The van der Waals surface area contributed by atoms with E-state index in [0.29, 0.717) is 0 Å². The van der Waals surface area contributed by atoms with Gasteiger partial charge in [0.15, 0.2) is 8.32 Å². The Morgan fingerprint density at radius 1 is 1.05 bits per heavy atom. The van der Waals surface area contributed by atoms with Gasteiger partial charge in [0.2, 0.25) is 0 Å². The molecule has 0 spiro atoms. The van der Waals surface area contributed by atoms with Crippen molar-refractivity contribution in [2.24, 2.45) is 0 Å². The third kappa shape index (κ3) is 4.33. The Kier molecular flexibility index (Phi) is 5.01. The molecule has 0 aliphatic heterocycles. The molecule has 2 nitrogen and oxygen atoms in total. The fourth-order valence-electron chi connectivity index (χ4n) is 2.20. The van der Waals surface area contributed by atoms with Crippen molar-refractivity contribution in [1.82, 2.24) is 0 Å². The molecule has 0 radical (unpaired) electrons. The molecule has 0 amide bonds. The molecule has 0 saturated heterocycles. The monoisotopic (exact) mass is 307 g/mol. The summed E-state index contributed by atoms with van der Waals surface area (Å²) >= 11 is 0. The van der Waals surface area contributed by atoms with Gasteiger partial charge in [-0.15, -0.1) is 0 Å². The average Bonchev–Trinajstić information content (AvgIpc) is 2.24. The van der Waals surface area contributed by atoms with Crippen LogP contribution in [0.3, 0.4) is 0 Å². The standard InChI is InChI=1S/C18H33NOSi/c1-13(20-21(8,9)18(5,6)7)14-10-11-15(16(19)12-14)17(2,3)4/h10-13H,19H2,1-9H3. The zero-order chi connectivity index (χ0) is 16.6. The van der Waals surface area contributed by atoms with E-state index < -0.39 is 8.32 Å². The molecule has 0 aliphatic carbocycles. The van der Waals surface area contributed by atoms with Gasteiger partial charge in [0.25, 0.3) is 0 Å². The SMILES string of the molecule is CC(O[Si](C)(C)C(C)(C)C)c1ccc(C(C)(C)C)c(N)c1. The van der Waals surface area contributed by atoms with E-state index in [1.807, 2.05) is 0 Å². The normalized spacial score (nSPS) is 15.1. The number of hydrogen-bond acceptors (Lipinski definition) is 2. The van der Waals surface area contributed by atoms with Crippen molar-refractivity contribution in [3.8, 4) is 0 Å². The Morgan fingerprint density at radius 2 is 1.57 bits per heavy atom. The number of anilines is 1. The van der Waals surface area contributed by atoms with Crippen LogP contribution in [0.5, 0.6) is 0 Å². The highest BCUT2D eigenvalue weighted by molar-refractivity contribution is 6.74. The minimum absolute atomic E-state index is 0.0755. The lowest BCUT2D eigenvalue weighted by molar-refractivity contribution is 0.203. The van der Waals surface area contributed by atoms with Crippen LogP contribution >= 0.6 is 0 Å². The molecule has 0 aromatic heterocycles. The van der Waals surface area contributed by atoms with Crippen LogP contribution in [0, 0.1) is 0 Å². The van der Waals surface area contributed by atoms with Crippen LogP contribution in [-0.2, 0) is 9.84 Å². The maximum Gasteiger partial charge on any atom is 0.192 e. The summed E-state index contributed by atoms with van der Waals surface area (Å²) in [5.74, 6) is 0. The molecule has 0 saturated carbocycles. The van der Waals surface area contributed by atoms with E-state index in [1.165, 1.54) is 11.1 Å². The molecule has 1 unspecified atom stereocenters. The largest absolute Gasteiger partial charge is 0.410 e. The van der Waals surface area contributed by atoms with Gasteiger partial charge in [0.1, 0.15) is 0 Å². The van der Waals surface area contributed by atoms with Gasteiger partial charge in [-0.1, -0.05) is 53.7 Å². The molecular formula is C18H33NOSi. The molecule has 0 fully saturated rings. The van der Waals surface area contributed by atoms with E-state index in [1.54, 1.807) is 0 Å². The summed E-state index contributed by atoms with van der Waals surface area (Å²) in [6.45, 7) is 20.1. The summed E-state index contributed by atoms with van der Waals surface area (Å²) in [6, 6.07) is 6.39. The number of nitrogens with two attached hydrogens (primary N) is 1. The quantitative estimate of drug-likeness (QED) is 0.578. The molecule has 1 rings (SSSR count). The first-order chi connectivity index (χ1) is 9.25. The number of rotatable bonds is 3. The van der Waals surface area contributed by atoms with Gasteiger partial charge in [0, 0.05) is 5.69 Å².